The fourth-order valence-corrected chi connectivity index (χ4v) is 1.84. The number of hydrogen-bond acceptors (Lipinski definition) is 2. The Morgan fingerprint density at radius 2 is 0.792 bits per heavy atom. The van der Waals surface area contributed by atoms with Crippen molar-refractivity contribution in [1.82, 2.24) is 0 Å². The Bertz CT molecular complexity index is 706. The molecule has 0 amide bonds. The third-order valence-electron chi connectivity index (χ3n) is 3.47. The van der Waals surface area contributed by atoms with Crippen molar-refractivity contribution in [3.05, 3.63) is 57.4 Å². The van der Waals surface area contributed by atoms with Gasteiger partial charge in [-0.05, 0) is 31.9 Å². The van der Waals surface area contributed by atoms with E-state index in [1.54, 1.807) is 0 Å². The number of rotatable bonds is 3. The molecule has 2 rings (SSSR count). The van der Waals surface area contributed by atoms with Crippen LogP contribution in [-0.4, -0.2) is 0 Å². The summed E-state index contributed by atoms with van der Waals surface area (Å²) in [5.74, 6) is -15.3. The first kappa shape index (κ1) is 17.9. The Balaban J connectivity index is 2.48. The summed E-state index contributed by atoms with van der Waals surface area (Å²) in [6.07, 6.45) is 0. The van der Waals surface area contributed by atoms with Crippen LogP contribution in [0, 0.1) is 61.5 Å². The van der Waals surface area contributed by atoms with Gasteiger partial charge in [0.05, 0.1) is 0 Å². The molecule has 0 atom stereocenters. The Morgan fingerprint density at radius 1 is 0.417 bits per heavy atom. The maximum atomic E-state index is 13.9. The van der Waals surface area contributed by atoms with E-state index in [4.69, 9.17) is 0 Å². The Kier molecular flexibility index (Phi) is 4.63. The molecular formula is C15H9F7O2. The van der Waals surface area contributed by atoms with E-state index in [0.717, 1.165) is 20.8 Å². The van der Waals surface area contributed by atoms with Gasteiger partial charge in [-0.3, -0.25) is 9.78 Å². The quantitative estimate of drug-likeness (QED) is 0.255. The van der Waals surface area contributed by atoms with E-state index in [9.17, 15) is 30.7 Å². The van der Waals surface area contributed by atoms with Crippen LogP contribution in [-0.2, 0) is 0 Å². The summed E-state index contributed by atoms with van der Waals surface area (Å²) >= 11 is 0. The van der Waals surface area contributed by atoms with Crippen molar-refractivity contribution in [1.29, 1.82) is 0 Å². The van der Waals surface area contributed by atoms with Gasteiger partial charge in [-0.15, -0.1) is 0 Å². The lowest BCUT2D eigenvalue weighted by Gasteiger charge is -2.14. The molecule has 0 bridgehead atoms. The summed E-state index contributed by atoms with van der Waals surface area (Å²) in [7, 11) is 0. The largest absolute Gasteiger partial charge is 0.286 e. The van der Waals surface area contributed by atoms with Crippen molar-refractivity contribution in [2.24, 2.45) is 0 Å². The lowest BCUT2D eigenvalue weighted by molar-refractivity contribution is -0.111. The van der Waals surface area contributed by atoms with Crippen LogP contribution in [0.4, 0.5) is 30.7 Å². The van der Waals surface area contributed by atoms with Crippen LogP contribution in [0.1, 0.15) is 16.7 Å². The van der Waals surface area contributed by atoms with Gasteiger partial charge in [0.2, 0.25) is 23.2 Å². The molecule has 130 valence electrons. The average Bonchev–Trinajstić information content (AvgIpc) is 2.57. The second-order valence-corrected chi connectivity index (χ2v) is 4.90. The molecule has 24 heavy (non-hydrogen) atoms. The lowest BCUT2D eigenvalue weighted by Crippen LogP contribution is -2.12. The van der Waals surface area contributed by atoms with Gasteiger partial charge < -0.3 is 0 Å². The third kappa shape index (κ3) is 2.63. The highest BCUT2D eigenvalue weighted by molar-refractivity contribution is 5.40. The van der Waals surface area contributed by atoms with Gasteiger partial charge in [-0.2, -0.15) is 8.78 Å². The van der Waals surface area contributed by atoms with Crippen LogP contribution < -0.4 is 9.78 Å². The molecule has 2 nitrogen and oxygen atoms in total. The highest BCUT2D eigenvalue weighted by Crippen LogP contribution is 2.33. The van der Waals surface area contributed by atoms with Gasteiger partial charge in [0.25, 0.3) is 5.75 Å². The van der Waals surface area contributed by atoms with E-state index in [0.29, 0.717) is 0 Å². The smallest absolute Gasteiger partial charge is 0.252 e. The van der Waals surface area contributed by atoms with Gasteiger partial charge >= 0.3 is 0 Å². The summed E-state index contributed by atoms with van der Waals surface area (Å²) in [4.78, 5) is 8.41. The van der Waals surface area contributed by atoms with Crippen molar-refractivity contribution >= 4 is 0 Å². The first-order valence-corrected chi connectivity index (χ1v) is 6.40. The zero-order chi connectivity index (χ0) is 18.3. The minimum atomic E-state index is -2.20. The molecule has 0 N–H and O–H groups in total. The molecule has 0 aromatic heterocycles. The molecule has 9 heteroatoms. The minimum absolute atomic E-state index is 0.318. The van der Waals surface area contributed by atoms with Gasteiger partial charge in [0, 0.05) is 5.56 Å². The predicted molar refractivity (Wildman–Crippen MR) is 68.1 cm³/mol. The Hall–Kier alpha value is -2.45. The Labute approximate surface area is 131 Å². The van der Waals surface area contributed by atoms with Crippen molar-refractivity contribution in [2.75, 3.05) is 0 Å². The molecule has 0 unspecified atom stereocenters. The van der Waals surface area contributed by atoms with Crippen LogP contribution in [0.3, 0.4) is 0 Å². The SMILES string of the molecule is Cc1c(C)c(F)c(OOc2c(C)c(F)c(F)c(F)c2F)c(F)c1F. The monoisotopic (exact) mass is 354 g/mol. The molecule has 0 spiro atoms. The summed E-state index contributed by atoms with van der Waals surface area (Å²) in [6.45, 7) is 3.03. The van der Waals surface area contributed by atoms with Crippen molar-refractivity contribution in [3.63, 3.8) is 0 Å². The Morgan fingerprint density at radius 3 is 1.38 bits per heavy atom. The molecule has 2 aromatic rings. The highest BCUT2D eigenvalue weighted by Gasteiger charge is 2.28. The van der Waals surface area contributed by atoms with E-state index in [-0.39, 0.29) is 11.1 Å². The fourth-order valence-electron chi connectivity index (χ4n) is 1.84. The highest BCUT2D eigenvalue weighted by atomic mass is 19.2. The lowest BCUT2D eigenvalue weighted by atomic mass is 10.1. The first-order valence-electron chi connectivity index (χ1n) is 6.40. The normalized spacial score (nSPS) is 10.9. The molecule has 0 aliphatic carbocycles. The van der Waals surface area contributed by atoms with E-state index in [2.05, 4.69) is 9.78 Å². The maximum Gasteiger partial charge on any atom is 0.252 e. The molecule has 2 aromatic carbocycles. The second-order valence-electron chi connectivity index (χ2n) is 4.90. The standard InChI is InChI=1S/C15H9F7O2/c1-4-5(2)9(18)15(12(21)7(4)16)24-23-14-6(3)8(17)10(19)11(20)13(14)22/h1-3H3. The zero-order valence-electron chi connectivity index (χ0n) is 12.5. The fraction of sp³-hybridized carbons (Fsp3) is 0.200. The zero-order valence-corrected chi connectivity index (χ0v) is 12.5. The molecule has 0 aliphatic rings. The minimum Gasteiger partial charge on any atom is -0.286 e. The third-order valence-corrected chi connectivity index (χ3v) is 3.47. The molecule has 0 saturated carbocycles. The van der Waals surface area contributed by atoms with Crippen LogP contribution in [0.25, 0.3) is 0 Å². The van der Waals surface area contributed by atoms with Crippen molar-refractivity contribution < 1.29 is 40.5 Å². The predicted octanol–water partition coefficient (Wildman–Crippen LogP) is 4.96. The number of benzene rings is 2. The first-order chi connectivity index (χ1) is 11.1. The average molecular weight is 354 g/mol. The molecule has 0 heterocycles. The topological polar surface area (TPSA) is 18.5 Å². The van der Waals surface area contributed by atoms with Crippen molar-refractivity contribution in [3.8, 4) is 11.5 Å². The van der Waals surface area contributed by atoms with E-state index >= 15 is 0 Å². The van der Waals surface area contributed by atoms with Gasteiger partial charge in [0.15, 0.2) is 23.3 Å². The van der Waals surface area contributed by atoms with Gasteiger partial charge in [-0.1, -0.05) is 0 Å². The van der Waals surface area contributed by atoms with Gasteiger partial charge in [0.1, 0.15) is 0 Å². The van der Waals surface area contributed by atoms with Gasteiger partial charge in [-0.25, -0.2) is 22.0 Å². The maximum absolute atomic E-state index is 13.9. The molecular weight excluding hydrogens is 345 g/mol. The summed E-state index contributed by atoms with van der Waals surface area (Å²) in [5, 5.41) is 0. The molecule has 0 fully saturated rings. The van der Waals surface area contributed by atoms with Crippen LogP contribution in [0.15, 0.2) is 0 Å². The molecule has 0 radical (unpaired) electrons. The molecule has 0 saturated heterocycles. The van der Waals surface area contributed by atoms with E-state index < -0.39 is 57.8 Å². The van der Waals surface area contributed by atoms with Crippen LogP contribution in [0.2, 0.25) is 0 Å². The van der Waals surface area contributed by atoms with Crippen LogP contribution in [0.5, 0.6) is 11.5 Å². The summed E-state index contributed by atoms with van der Waals surface area (Å²) in [5.41, 5.74) is -1.50. The number of halogens is 7. The van der Waals surface area contributed by atoms with Crippen LogP contribution >= 0.6 is 0 Å². The summed E-state index contributed by atoms with van der Waals surface area (Å²) in [6, 6.07) is 0. The summed E-state index contributed by atoms with van der Waals surface area (Å²) < 4.78 is 94.3. The van der Waals surface area contributed by atoms with E-state index in [1.807, 2.05) is 0 Å². The molecule has 0 aliphatic heterocycles. The van der Waals surface area contributed by atoms with Crippen molar-refractivity contribution in [2.45, 2.75) is 20.8 Å². The second kappa shape index (κ2) is 6.21. The van der Waals surface area contributed by atoms with E-state index in [1.165, 1.54) is 0 Å². The number of hydrogen-bond donors (Lipinski definition) is 0.